The molecule has 110 valence electrons. The smallest absolute Gasteiger partial charge is 0.224 e. The van der Waals surface area contributed by atoms with Crippen LogP contribution in [-0.2, 0) is 11.2 Å². The summed E-state index contributed by atoms with van der Waals surface area (Å²) in [4.78, 5) is 13.9. The number of hydrogen-bond donors (Lipinski definition) is 2. The van der Waals surface area contributed by atoms with Crippen molar-refractivity contribution in [1.82, 2.24) is 15.5 Å². The number of carbonyl (C=O) groups excluding carboxylic acids is 1. The summed E-state index contributed by atoms with van der Waals surface area (Å²) < 4.78 is 26.4. The highest BCUT2D eigenvalue weighted by atomic mass is 19.1. The van der Waals surface area contributed by atoms with Gasteiger partial charge >= 0.3 is 0 Å². The first kappa shape index (κ1) is 14.9. The topological polar surface area (TPSA) is 44.4 Å². The molecule has 0 atom stereocenters. The average molecular weight is 283 g/mol. The quantitative estimate of drug-likeness (QED) is 0.828. The lowest BCUT2D eigenvalue weighted by atomic mass is 10.1. The Hall–Kier alpha value is -1.53. The minimum Gasteiger partial charge on any atom is -0.355 e. The predicted molar refractivity (Wildman–Crippen MR) is 72.4 cm³/mol. The SMILES string of the molecule is O=C(Cc1cc(F)ccc1F)NCCN1CCNCC1. The highest BCUT2D eigenvalue weighted by molar-refractivity contribution is 5.78. The van der Waals surface area contributed by atoms with E-state index in [0.29, 0.717) is 6.54 Å². The van der Waals surface area contributed by atoms with E-state index in [1.807, 2.05) is 0 Å². The van der Waals surface area contributed by atoms with E-state index in [4.69, 9.17) is 0 Å². The normalized spacial score (nSPS) is 16.1. The summed E-state index contributed by atoms with van der Waals surface area (Å²) in [7, 11) is 0. The molecule has 0 radical (unpaired) electrons. The predicted octanol–water partition coefficient (Wildman–Crippen LogP) is 0.529. The fraction of sp³-hybridized carbons (Fsp3) is 0.500. The summed E-state index contributed by atoms with van der Waals surface area (Å²) in [5.74, 6) is -1.37. The number of piperazine rings is 1. The van der Waals surface area contributed by atoms with Crippen LogP contribution in [0.15, 0.2) is 18.2 Å². The molecule has 0 bridgehead atoms. The van der Waals surface area contributed by atoms with E-state index in [2.05, 4.69) is 15.5 Å². The minimum atomic E-state index is -0.552. The van der Waals surface area contributed by atoms with E-state index in [0.717, 1.165) is 50.9 Å². The van der Waals surface area contributed by atoms with E-state index in [1.165, 1.54) is 0 Å². The van der Waals surface area contributed by atoms with Crippen LogP contribution in [-0.4, -0.2) is 50.1 Å². The Morgan fingerprint density at radius 3 is 2.80 bits per heavy atom. The maximum absolute atomic E-state index is 13.4. The van der Waals surface area contributed by atoms with Crippen LogP contribution in [0, 0.1) is 11.6 Å². The molecule has 0 aromatic heterocycles. The zero-order valence-corrected chi connectivity index (χ0v) is 11.3. The second-order valence-electron chi connectivity index (χ2n) is 4.85. The second-order valence-corrected chi connectivity index (χ2v) is 4.85. The van der Waals surface area contributed by atoms with Gasteiger partial charge in [0.1, 0.15) is 11.6 Å². The number of hydrogen-bond acceptors (Lipinski definition) is 3. The lowest BCUT2D eigenvalue weighted by Gasteiger charge is -2.27. The Balaban J connectivity index is 1.73. The fourth-order valence-corrected chi connectivity index (χ4v) is 2.20. The standard InChI is InChI=1S/C14H19F2N3O/c15-12-1-2-13(16)11(9-12)10-14(20)18-5-8-19-6-3-17-4-7-19/h1-2,9,17H,3-8,10H2,(H,18,20). The van der Waals surface area contributed by atoms with Gasteiger partial charge in [0.15, 0.2) is 0 Å². The first-order valence-corrected chi connectivity index (χ1v) is 6.79. The lowest BCUT2D eigenvalue weighted by molar-refractivity contribution is -0.120. The van der Waals surface area contributed by atoms with E-state index < -0.39 is 11.6 Å². The van der Waals surface area contributed by atoms with Crippen molar-refractivity contribution >= 4 is 5.91 Å². The molecular formula is C14H19F2N3O. The molecule has 0 unspecified atom stereocenters. The monoisotopic (exact) mass is 283 g/mol. The zero-order chi connectivity index (χ0) is 14.4. The van der Waals surface area contributed by atoms with Crippen molar-refractivity contribution in [2.75, 3.05) is 39.3 Å². The molecule has 2 rings (SSSR count). The molecule has 0 spiro atoms. The van der Waals surface area contributed by atoms with Gasteiger partial charge in [0, 0.05) is 44.8 Å². The van der Waals surface area contributed by atoms with Crippen molar-refractivity contribution in [3.8, 4) is 0 Å². The summed E-state index contributed by atoms with van der Waals surface area (Å²) in [6, 6.07) is 3.14. The molecule has 4 nitrogen and oxygen atoms in total. The maximum atomic E-state index is 13.4. The Morgan fingerprint density at radius 2 is 2.05 bits per heavy atom. The van der Waals surface area contributed by atoms with E-state index in [-0.39, 0.29) is 17.9 Å². The van der Waals surface area contributed by atoms with Crippen molar-refractivity contribution in [1.29, 1.82) is 0 Å². The van der Waals surface area contributed by atoms with Crippen molar-refractivity contribution < 1.29 is 13.6 Å². The Labute approximate surface area is 117 Å². The molecule has 1 aromatic carbocycles. The Bertz CT molecular complexity index is 462. The molecule has 6 heteroatoms. The van der Waals surface area contributed by atoms with Gasteiger partial charge in [-0.3, -0.25) is 9.69 Å². The fourth-order valence-electron chi connectivity index (χ4n) is 2.20. The molecule has 1 aliphatic heterocycles. The summed E-state index contributed by atoms with van der Waals surface area (Å²) in [5, 5.41) is 5.99. The van der Waals surface area contributed by atoms with Crippen molar-refractivity contribution in [3.63, 3.8) is 0 Å². The summed E-state index contributed by atoms with van der Waals surface area (Å²) in [6.07, 6.45) is -0.134. The van der Waals surface area contributed by atoms with Crippen LogP contribution >= 0.6 is 0 Å². The highest BCUT2D eigenvalue weighted by Crippen LogP contribution is 2.10. The third-order valence-corrected chi connectivity index (χ3v) is 3.32. The molecule has 1 aromatic rings. The van der Waals surface area contributed by atoms with Crippen LogP contribution in [0.4, 0.5) is 8.78 Å². The Kier molecular flexibility index (Phi) is 5.43. The van der Waals surface area contributed by atoms with Gasteiger partial charge < -0.3 is 10.6 Å². The number of nitrogens with one attached hydrogen (secondary N) is 2. The highest BCUT2D eigenvalue weighted by Gasteiger charge is 2.11. The van der Waals surface area contributed by atoms with Gasteiger partial charge in [0.2, 0.25) is 5.91 Å². The number of benzene rings is 1. The third kappa shape index (κ3) is 4.54. The second kappa shape index (κ2) is 7.31. The minimum absolute atomic E-state index is 0.0877. The van der Waals surface area contributed by atoms with E-state index in [1.54, 1.807) is 0 Å². The molecule has 2 N–H and O–H groups in total. The molecule has 1 heterocycles. The number of rotatable bonds is 5. The number of nitrogens with zero attached hydrogens (tertiary/aromatic N) is 1. The van der Waals surface area contributed by atoms with Crippen LogP contribution in [0.3, 0.4) is 0 Å². The van der Waals surface area contributed by atoms with Crippen LogP contribution in [0.2, 0.25) is 0 Å². The molecule has 1 fully saturated rings. The van der Waals surface area contributed by atoms with Gasteiger partial charge in [0.25, 0.3) is 0 Å². The largest absolute Gasteiger partial charge is 0.355 e. The van der Waals surface area contributed by atoms with Crippen molar-refractivity contribution in [2.45, 2.75) is 6.42 Å². The molecular weight excluding hydrogens is 264 g/mol. The summed E-state index contributed by atoms with van der Waals surface area (Å²) in [6.45, 7) is 5.16. The molecule has 1 amide bonds. The number of carbonyl (C=O) groups is 1. The van der Waals surface area contributed by atoms with Gasteiger partial charge in [0.05, 0.1) is 6.42 Å². The van der Waals surface area contributed by atoms with Crippen LogP contribution < -0.4 is 10.6 Å². The Morgan fingerprint density at radius 1 is 1.30 bits per heavy atom. The molecule has 0 aliphatic carbocycles. The number of amides is 1. The third-order valence-electron chi connectivity index (χ3n) is 3.32. The molecule has 0 saturated carbocycles. The van der Waals surface area contributed by atoms with Crippen LogP contribution in [0.5, 0.6) is 0 Å². The van der Waals surface area contributed by atoms with Crippen LogP contribution in [0.25, 0.3) is 0 Å². The first-order valence-electron chi connectivity index (χ1n) is 6.79. The van der Waals surface area contributed by atoms with Crippen molar-refractivity contribution in [3.05, 3.63) is 35.4 Å². The van der Waals surface area contributed by atoms with Crippen LogP contribution in [0.1, 0.15) is 5.56 Å². The maximum Gasteiger partial charge on any atom is 0.224 e. The van der Waals surface area contributed by atoms with Gasteiger partial charge in [-0.1, -0.05) is 0 Å². The van der Waals surface area contributed by atoms with Crippen molar-refractivity contribution in [2.24, 2.45) is 0 Å². The van der Waals surface area contributed by atoms with Gasteiger partial charge in [-0.25, -0.2) is 8.78 Å². The van der Waals surface area contributed by atoms with Gasteiger partial charge in [-0.15, -0.1) is 0 Å². The number of halogens is 2. The van der Waals surface area contributed by atoms with Gasteiger partial charge in [-0.2, -0.15) is 0 Å². The summed E-state index contributed by atoms with van der Waals surface area (Å²) in [5.41, 5.74) is 0.0877. The first-order chi connectivity index (χ1) is 9.65. The lowest BCUT2D eigenvalue weighted by Crippen LogP contribution is -2.46. The summed E-state index contributed by atoms with van der Waals surface area (Å²) >= 11 is 0. The molecule has 20 heavy (non-hydrogen) atoms. The van der Waals surface area contributed by atoms with E-state index >= 15 is 0 Å². The zero-order valence-electron chi connectivity index (χ0n) is 11.3. The van der Waals surface area contributed by atoms with E-state index in [9.17, 15) is 13.6 Å². The average Bonchev–Trinajstić information content (AvgIpc) is 2.44. The molecule has 1 saturated heterocycles. The van der Waals surface area contributed by atoms with Gasteiger partial charge in [-0.05, 0) is 18.2 Å². The molecule has 1 aliphatic rings.